The quantitative estimate of drug-likeness (QED) is 0.501. The van der Waals surface area contributed by atoms with E-state index in [2.05, 4.69) is 10.6 Å². The number of hydrogen-bond donors (Lipinski definition) is 2. The fourth-order valence-electron chi connectivity index (χ4n) is 4.40. The lowest BCUT2D eigenvalue weighted by atomic mass is 9.78. The van der Waals surface area contributed by atoms with Crippen molar-refractivity contribution in [2.24, 2.45) is 0 Å². The van der Waals surface area contributed by atoms with E-state index in [1.54, 1.807) is 12.1 Å². The Labute approximate surface area is 179 Å². The van der Waals surface area contributed by atoms with Crippen molar-refractivity contribution < 1.29 is 9.18 Å². The van der Waals surface area contributed by atoms with Crippen LogP contribution in [0.4, 0.5) is 15.8 Å². The predicted octanol–water partition coefficient (Wildman–Crippen LogP) is 6.46. The van der Waals surface area contributed by atoms with Gasteiger partial charge in [0.2, 0.25) is 0 Å². The number of hydrogen-bond acceptors (Lipinski definition) is 3. The molecule has 30 heavy (non-hydrogen) atoms. The van der Waals surface area contributed by atoms with Gasteiger partial charge in [-0.15, -0.1) is 0 Å². The van der Waals surface area contributed by atoms with Gasteiger partial charge < -0.3 is 10.6 Å². The van der Waals surface area contributed by atoms with Gasteiger partial charge in [-0.3, -0.25) is 4.79 Å². The molecule has 0 spiro atoms. The maximum absolute atomic E-state index is 13.4. The summed E-state index contributed by atoms with van der Waals surface area (Å²) >= 11 is 6.26. The molecule has 1 heterocycles. The molecule has 0 fully saturated rings. The summed E-state index contributed by atoms with van der Waals surface area (Å²) in [6, 6.07) is 21.7. The molecule has 3 aromatic rings. The third-order valence-corrected chi connectivity index (χ3v) is 6.07. The van der Waals surface area contributed by atoms with Crippen molar-refractivity contribution in [1.82, 2.24) is 0 Å². The van der Waals surface area contributed by atoms with Gasteiger partial charge in [0.05, 0.1) is 17.4 Å². The highest BCUT2D eigenvalue weighted by molar-refractivity contribution is 6.30. The minimum absolute atomic E-state index is 0.00891. The van der Waals surface area contributed by atoms with Gasteiger partial charge in [-0.1, -0.05) is 48.0 Å². The van der Waals surface area contributed by atoms with Gasteiger partial charge >= 0.3 is 0 Å². The van der Waals surface area contributed by atoms with E-state index in [9.17, 15) is 9.18 Å². The highest BCUT2D eigenvalue weighted by Gasteiger charge is 2.36. The van der Waals surface area contributed by atoms with Gasteiger partial charge in [0, 0.05) is 22.7 Å². The molecule has 1 aliphatic heterocycles. The van der Waals surface area contributed by atoms with Crippen molar-refractivity contribution in [2.45, 2.75) is 24.8 Å². The zero-order valence-corrected chi connectivity index (χ0v) is 16.9. The number of nitrogens with one attached hydrogen (secondary N) is 2. The normalized spacial score (nSPS) is 20.5. The molecule has 0 bridgehead atoms. The highest BCUT2D eigenvalue weighted by atomic mass is 35.5. The Morgan fingerprint density at radius 3 is 2.40 bits per heavy atom. The largest absolute Gasteiger partial charge is 0.372 e. The molecular weight excluding hydrogens is 399 g/mol. The molecule has 150 valence electrons. The summed E-state index contributed by atoms with van der Waals surface area (Å²) in [5.74, 6) is -0.175. The van der Waals surface area contributed by atoms with E-state index in [4.69, 9.17) is 11.6 Å². The molecule has 5 rings (SSSR count). The molecular formula is C25H20ClFN2O. The lowest BCUT2D eigenvalue weighted by Crippen LogP contribution is -2.26. The molecule has 2 N–H and O–H groups in total. The first-order valence-electron chi connectivity index (χ1n) is 9.98. The number of carbonyl (C=O) groups is 1. The van der Waals surface area contributed by atoms with Gasteiger partial charge in [0.25, 0.3) is 0 Å². The standard InChI is InChI=1S/C25H20ClFN2O/c26-18-5-3-4-16(12-18)25-24-22(28-20-6-1-2-7-21(20)29-25)13-17(14-23(24)30)15-8-10-19(27)11-9-15/h1-12,17,25,28-29H,13-14H2/t17-,25+/m1/s1. The van der Waals surface area contributed by atoms with E-state index < -0.39 is 0 Å². The Bertz CT molecular complexity index is 1160. The smallest absolute Gasteiger partial charge is 0.163 e. The number of allylic oxidation sites excluding steroid dienone is 1. The molecule has 0 radical (unpaired) electrons. The number of rotatable bonds is 2. The fourth-order valence-corrected chi connectivity index (χ4v) is 4.60. The summed E-state index contributed by atoms with van der Waals surface area (Å²) in [6.07, 6.45) is 1.07. The van der Waals surface area contributed by atoms with Crippen LogP contribution in [0.1, 0.15) is 35.9 Å². The second-order valence-corrected chi connectivity index (χ2v) is 8.21. The number of para-hydroxylation sites is 2. The average Bonchev–Trinajstić information content (AvgIpc) is 2.91. The van der Waals surface area contributed by atoms with Crippen LogP contribution in [0.5, 0.6) is 0 Å². The first kappa shape index (κ1) is 18.9. The Morgan fingerprint density at radius 1 is 0.867 bits per heavy atom. The minimum Gasteiger partial charge on any atom is -0.372 e. The van der Waals surface area contributed by atoms with E-state index in [-0.39, 0.29) is 23.6 Å². The predicted molar refractivity (Wildman–Crippen MR) is 118 cm³/mol. The lowest BCUT2D eigenvalue weighted by Gasteiger charge is -2.30. The molecule has 0 unspecified atom stereocenters. The summed E-state index contributed by atoms with van der Waals surface area (Å²) in [4.78, 5) is 13.4. The second kappa shape index (κ2) is 7.62. The van der Waals surface area contributed by atoms with Gasteiger partial charge in [-0.05, 0) is 59.9 Å². The molecule has 0 amide bonds. The van der Waals surface area contributed by atoms with Crippen LogP contribution in [0.3, 0.4) is 0 Å². The monoisotopic (exact) mass is 418 g/mol. The third-order valence-electron chi connectivity index (χ3n) is 5.83. The fraction of sp³-hybridized carbons (Fsp3) is 0.160. The Hall–Kier alpha value is -3.11. The Morgan fingerprint density at radius 2 is 1.63 bits per heavy atom. The molecule has 3 aromatic carbocycles. The van der Waals surface area contributed by atoms with Crippen molar-refractivity contribution in [3.05, 3.63) is 106 Å². The zero-order chi connectivity index (χ0) is 20.7. The van der Waals surface area contributed by atoms with Crippen LogP contribution >= 0.6 is 11.6 Å². The molecule has 3 nitrogen and oxygen atoms in total. The van der Waals surface area contributed by atoms with Crippen molar-refractivity contribution in [1.29, 1.82) is 0 Å². The maximum atomic E-state index is 13.4. The number of benzene rings is 3. The van der Waals surface area contributed by atoms with Crippen LogP contribution in [0, 0.1) is 5.82 Å². The number of halogens is 2. The van der Waals surface area contributed by atoms with Crippen molar-refractivity contribution in [3.8, 4) is 0 Å². The number of carbonyl (C=O) groups excluding carboxylic acids is 1. The van der Waals surface area contributed by atoms with Gasteiger partial charge in [-0.25, -0.2) is 4.39 Å². The zero-order valence-electron chi connectivity index (χ0n) is 16.2. The summed E-state index contributed by atoms with van der Waals surface area (Å²) in [6.45, 7) is 0. The lowest BCUT2D eigenvalue weighted by molar-refractivity contribution is -0.116. The summed E-state index contributed by atoms with van der Waals surface area (Å²) in [5.41, 5.74) is 5.44. The van der Waals surface area contributed by atoms with Crippen LogP contribution in [0.25, 0.3) is 0 Å². The number of fused-ring (bicyclic) bond motifs is 1. The van der Waals surface area contributed by atoms with Crippen molar-refractivity contribution in [2.75, 3.05) is 10.6 Å². The van der Waals surface area contributed by atoms with Gasteiger partial charge in [0.15, 0.2) is 5.78 Å². The molecule has 0 saturated carbocycles. The Kier molecular flexibility index (Phi) is 4.80. The van der Waals surface area contributed by atoms with E-state index in [1.165, 1.54) is 12.1 Å². The maximum Gasteiger partial charge on any atom is 0.163 e. The van der Waals surface area contributed by atoms with E-state index >= 15 is 0 Å². The summed E-state index contributed by atoms with van der Waals surface area (Å²) in [7, 11) is 0. The average molecular weight is 419 g/mol. The molecule has 0 aromatic heterocycles. The number of anilines is 2. The summed E-state index contributed by atoms with van der Waals surface area (Å²) in [5, 5.41) is 7.69. The molecule has 2 aliphatic rings. The highest BCUT2D eigenvalue weighted by Crippen LogP contribution is 2.44. The van der Waals surface area contributed by atoms with E-state index in [0.717, 1.165) is 33.8 Å². The van der Waals surface area contributed by atoms with E-state index in [0.29, 0.717) is 17.9 Å². The number of ketones is 1. The van der Waals surface area contributed by atoms with Crippen LogP contribution in [-0.4, -0.2) is 5.78 Å². The third kappa shape index (κ3) is 3.48. The van der Waals surface area contributed by atoms with E-state index in [1.807, 2.05) is 48.5 Å². The first-order valence-corrected chi connectivity index (χ1v) is 10.4. The molecule has 0 saturated heterocycles. The molecule has 1 aliphatic carbocycles. The topological polar surface area (TPSA) is 41.1 Å². The minimum atomic E-state index is -0.295. The number of Topliss-reactive ketones (excluding diaryl/α,β-unsaturated/α-hetero) is 1. The molecule has 2 atom stereocenters. The molecule has 5 heteroatoms. The SMILES string of the molecule is O=C1C[C@H](c2ccc(F)cc2)CC2=C1[C@H](c1cccc(Cl)c1)Nc1ccccc1N2. The summed E-state index contributed by atoms with van der Waals surface area (Å²) < 4.78 is 13.4. The second-order valence-electron chi connectivity index (χ2n) is 7.78. The first-order chi connectivity index (χ1) is 14.6. The van der Waals surface area contributed by atoms with Crippen molar-refractivity contribution in [3.63, 3.8) is 0 Å². The Balaban J connectivity index is 1.61. The van der Waals surface area contributed by atoms with Crippen LogP contribution in [0.15, 0.2) is 84.1 Å². The van der Waals surface area contributed by atoms with Gasteiger partial charge in [-0.2, -0.15) is 0 Å². The van der Waals surface area contributed by atoms with Crippen LogP contribution in [0.2, 0.25) is 5.02 Å². The van der Waals surface area contributed by atoms with Crippen molar-refractivity contribution >= 4 is 28.8 Å². The van der Waals surface area contributed by atoms with Crippen LogP contribution < -0.4 is 10.6 Å². The van der Waals surface area contributed by atoms with Crippen LogP contribution in [-0.2, 0) is 4.79 Å². The van der Waals surface area contributed by atoms with Gasteiger partial charge in [0.1, 0.15) is 5.82 Å².